The SMILES string of the molecule is CCc1noc(CNc2cccc(OCCOC)c2)n1. The zero-order valence-corrected chi connectivity index (χ0v) is 11.8. The van der Waals surface area contributed by atoms with Gasteiger partial charge in [-0.05, 0) is 12.1 Å². The molecule has 0 unspecified atom stereocenters. The summed E-state index contributed by atoms with van der Waals surface area (Å²) in [7, 11) is 1.65. The number of anilines is 1. The maximum absolute atomic E-state index is 5.54. The molecule has 2 aromatic rings. The second-order valence-corrected chi connectivity index (χ2v) is 4.18. The zero-order valence-electron chi connectivity index (χ0n) is 11.8. The third-order valence-electron chi connectivity index (χ3n) is 2.66. The number of benzene rings is 1. The Labute approximate surface area is 118 Å². The van der Waals surface area contributed by atoms with Crippen LogP contribution in [-0.4, -0.2) is 30.5 Å². The number of hydrogen-bond acceptors (Lipinski definition) is 6. The smallest absolute Gasteiger partial charge is 0.245 e. The van der Waals surface area contributed by atoms with Crippen LogP contribution in [0.4, 0.5) is 5.69 Å². The predicted molar refractivity (Wildman–Crippen MR) is 74.8 cm³/mol. The predicted octanol–water partition coefficient (Wildman–Crippen LogP) is 2.27. The molecule has 1 aromatic carbocycles. The first-order valence-corrected chi connectivity index (χ1v) is 6.59. The summed E-state index contributed by atoms with van der Waals surface area (Å²) >= 11 is 0. The van der Waals surface area contributed by atoms with Gasteiger partial charge in [0.1, 0.15) is 12.4 Å². The average Bonchev–Trinajstić information content (AvgIpc) is 2.94. The highest BCUT2D eigenvalue weighted by Gasteiger charge is 2.04. The fourth-order valence-corrected chi connectivity index (χ4v) is 1.62. The van der Waals surface area contributed by atoms with Gasteiger partial charge >= 0.3 is 0 Å². The second kappa shape index (κ2) is 7.49. The van der Waals surface area contributed by atoms with Crippen LogP contribution in [0.1, 0.15) is 18.6 Å². The summed E-state index contributed by atoms with van der Waals surface area (Å²) in [6.07, 6.45) is 0.770. The van der Waals surface area contributed by atoms with Crippen molar-refractivity contribution in [3.63, 3.8) is 0 Å². The fourth-order valence-electron chi connectivity index (χ4n) is 1.62. The van der Waals surface area contributed by atoms with Gasteiger partial charge in [-0.15, -0.1) is 0 Å². The van der Waals surface area contributed by atoms with E-state index in [4.69, 9.17) is 14.0 Å². The normalized spacial score (nSPS) is 10.5. The Bertz CT molecular complexity index is 528. The minimum Gasteiger partial charge on any atom is -0.491 e. The first-order valence-electron chi connectivity index (χ1n) is 6.59. The lowest BCUT2D eigenvalue weighted by atomic mass is 10.3. The number of hydrogen-bond donors (Lipinski definition) is 1. The number of nitrogens with zero attached hydrogens (tertiary/aromatic N) is 2. The molecule has 6 heteroatoms. The van der Waals surface area contributed by atoms with Gasteiger partial charge in [-0.25, -0.2) is 0 Å². The maximum atomic E-state index is 5.54. The molecule has 1 aromatic heterocycles. The van der Waals surface area contributed by atoms with Crippen LogP contribution in [-0.2, 0) is 17.7 Å². The molecule has 108 valence electrons. The van der Waals surface area contributed by atoms with E-state index >= 15 is 0 Å². The Morgan fingerprint density at radius 3 is 2.95 bits per heavy atom. The topological polar surface area (TPSA) is 69.4 Å². The lowest BCUT2D eigenvalue weighted by Crippen LogP contribution is -2.05. The molecule has 2 rings (SSSR count). The number of nitrogens with one attached hydrogen (secondary N) is 1. The molecule has 6 nitrogen and oxygen atoms in total. The molecule has 0 spiro atoms. The maximum Gasteiger partial charge on any atom is 0.245 e. The molecule has 0 radical (unpaired) electrons. The fraction of sp³-hybridized carbons (Fsp3) is 0.429. The Morgan fingerprint density at radius 1 is 1.30 bits per heavy atom. The molecule has 0 fully saturated rings. The second-order valence-electron chi connectivity index (χ2n) is 4.18. The van der Waals surface area contributed by atoms with Gasteiger partial charge in [0.05, 0.1) is 13.2 Å². The van der Waals surface area contributed by atoms with Gasteiger partial charge in [0.25, 0.3) is 0 Å². The van der Waals surface area contributed by atoms with Crippen molar-refractivity contribution in [1.82, 2.24) is 10.1 Å². The van der Waals surface area contributed by atoms with Crippen molar-refractivity contribution < 1.29 is 14.0 Å². The van der Waals surface area contributed by atoms with Crippen molar-refractivity contribution >= 4 is 5.69 Å². The van der Waals surface area contributed by atoms with Crippen molar-refractivity contribution in [3.8, 4) is 5.75 Å². The van der Waals surface area contributed by atoms with Crippen LogP contribution in [0.2, 0.25) is 0 Å². The van der Waals surface area contributed by atoms with Crippen LogP contribution in [0.5, 0.6) is 5.75 Å². The van der Waals surface area contributed by atoms with E-state index in [1.165, 1.54) is 0 Å². The summed E-state index contributed by atoms with van der Waals surface area (Å²) in [5.74, 6) is 2.10. The Hall–Kier alpha value is -2.08. The highest BCUT2D eigenvalue weighted by atomic mass is 16.5. The van der Waals surface area contributed by atoms with Crippen molar-refractivity contribution in [1.29, 1.82) is 0 Å². The summed E-state index contributed by atoms with van der Waals surface area (Å²) in [6.45, 7) is 3.58. The van der Waals surface area contributed by atoms with Crippen molar-refractivity contribution in [2.75, 3.05) is 25.6 Å². The van der Waals surface area contributed by atoms with Crippen molar-refractivity contribution in [3.05, 3.63) is 36.0 Å². The van der Waals surface area contributed by atoms with Crippen LogP contribution < -0.4 is 10.1 Å². The molecule has 0 saturated heterocycles. The van der Waals surface area contributed by atoms with Crippen molar-refractivity contribution in [2.24, 2.45) is 0 Å². The number of aromatic nitrogens is 2. The van der Waals surface area contributed by atoms with E-state index in [1.807, 2.05) is 31.2 Å². The molecule has 0 saturated carbocycles. The molecule has 1 N–H and O–H groups in total. The van der Waals surface area contributed by atoms with Gasteiger partial charge < -0.3 is 19.3 Å². The number of methoxy groups -OCH3 is 1. The molecule has 1 heterocycles. The van der Waals surface area contributed by atoms with Crippen LogP contribution in [0.3, 0.4) is 0 Å². The number of ether oxygens (including phenoxy) is 2. The van der Waals surface area contributed by atoms with E-state index in [0.29, 0.717) is 25.6 Å². The molecule has 0 aliphatic carbocycles. The Balaban J connectivity index is 1.87. The van der Waals surface area contributed by atoms with Crippen LogP contribution in [0.15, 0.2) is 28.8 Å². The first kappa shape index (κ1) is 14.3. The molecule has 0 atom stereocenters. The van der Waals surface area contributed by atoms with Crippen LogP contribution in [0.25, 0.3) is 0 Å². The molecule has 0 bridgehead atoms. The lowest BCUT2D eigenvalue weighted by Gasteiger charge is -2.08. The van der Waals surface area contributed by atoms with Crippen molar-refractivity contribution in [2.45, 2.75) is 19.9 Å². The molecule has 0 amide bonds. The minimum absolute atomic E-state index is 0.495. The van der Waals surface area contributed by atoms with E-state index in [1.54, 1.807) is 7.11 Å². The van der Waals surface area contributed by atoms with Gasteiger partial charge in [0.2, 0.25) is 5.89 Å². The highest BCUT2D eigenvalue weighted by Crippen LogP contribution is 2.17. The average molecular weight is 277 g/mol. The first-order chi connectivity index (χ1) is 9.81. The molecule has 0 aliphatic heterocycles. The van der Waals surface area contributed by atoms with E-state index < -0.39 is 0 Å². The van der Waals surface area contributed by atoms with E-state index in [9.17, 15) is 0 Å². The quantitative estimate of drug-likeness (QED) is 0.746. The molecule has 0 aliphatic rings. The van der Waals surface area contributed by atoms with Gasteiger partial charge in [-0.2, -0.15) is 4.98 Å². The Kier molecular flexibility index (Phi) is 5.37. The highest BCUT2D eigenvalue weighted by molar-refractivity contribution is 5.48. The minimum atomic E-state index is 0.495. The largest absolute Gasteiger partial charge is 0.491 e. The standard InChI is InChI=1S/C14H19N3O3/c1-3-13-16-14(20-17-13)10-15-11-5-4-6-12(9-11)19-8-7-18-2/h4-6,9,15H,3,7-8,10H2,1-2H3. The van der Waals surface area contributed by atoms with E-state index in [2.05, 4.69) is 15.5 Å². The van der Waals surface area contributed by atoms with Crippen LogP contribution >= 0.6 is 0 Å². The van der Waals surface area contributed by atoms with E-state index in [0.717, 1.165) is 23.7 Å². The van der Waals surface area contributed by atoms with Gasteiger partial charge in [0.15, 0.2) is 5.82 Å². The van der Waals surface area contributed by atoms with Gasteiger partial charge in [-0.3, -0.25) is 0 Å². The third kappa shape index (κ3) is 4.24. The molecular weight excluding hydrogens is 258 g/mol. The summed E-state index contributed by atoms with van der Waals surface area (Å²) in [6, 6.07) is 7.71. The molecular formula is C14H19N3O3. The zero-order chi connectivity index (χ0) is 14.2. The van der Waals surface area contributed by atoms with Gasteiger partial charge in [0, 0.05) is 25.3 Å². The lowest BCUT2D eigenvalue weighted by molar-refractivity contribution is 0.146. The van der Waals surface area contributed by atoms with E-state index in [-0.39, 0.29) is 0 Å². The summed E-state index contributed by atoms with van der Waals surface area (Å²) in [4.78, 5) is 4.24. The van der Waals surface area contributed by atoms with Gasteiger partial charge in [-0.1, -0.05) is 18.1 Å². The third-order valence-corrected chi connectivity index (χ3v) is 2.66. The number of aryl methyl sites for hydroxylation is 1. The number of rotatable bonds is 8. The summed E-state index contributed by atoms with van der Waals surface area (Å²) < 4.78 is 15.6. The monoisotopic (exact) mass is 277 g/mol. The van der Waals surface area contributed by atoms with Crippen LogP contribution in [0, 0.1) is 0 Å². The Morgan fingerprint density at radius 2 is 2.20 bits per heavy atom. The summed E-state index contributed by atoms with van der Waals surface area (Å²) in [5, 5.41) is 7.07. The summed E-state index contributed by atoms with van der Waals surface area (Å²) in [5.41, 5.74) is 0.941. The molecule has 20 heavy (non-hydrogen) atoms.